The van der Waals surface area contributed by atoms with Gasteiger partial charge in [-0.15, -0.1) is 0 Å². The Labute approximate surface area is 159 Å². The van der Waals surface area contributed by atoms with Crippen LogP contribution in [0, 0.1) is 12.8 Å². The predicted octanol–water partition coefficient (Wildman–Crippen LogP) is 3.10. The van der Waals surface area contributed by atoms with E-state index < -0.39 is 11.6 Å². The van der Waals surface area contributed by atoms with Gasteiger partial charge in [0, 0.05) is 36.6 Å². The molecule has 2 aromatic rings. The van der Waals surface area contributed by atoms with Crippen molar-refractivity contribution in [2.45, 2.75) is 39.7 Å². The van der Waals surface area contributed by atoms with Crippen LogP contribution >= 0.6 is 0 Å². The van der Waals surface area contributed by atoms with Crippen molar-refractivity contribution in [2.75, 3.05) is 18.6 Å². The summed E-state index contributed by atoms with van der Waals surface area (Å²) in [5, 5.41) is 9.07. The lowest BCUT2D eigenvalue weighted by Crippen LogP contribution is -2.43. The summed E-state index contributed by atoms with van der Waals surface area (Å²) in [5.74, 6) is 1.08. The summed E-state index contributed by atoms with van der Waals surface area (Å²) < 4.78 is 5.78. The van der Waals surface area contributed by atoms with Crippen molar-refractivity contribution in [3.63, 3.8) is 0 Å². The van der Waals surface area contributed by atoms with E-state index in [-0.39, 0.29) is 5.95 Å². The minimum absolute atomic E-state index is 0.104. The lowest BCUT2D eigenvalue weighted by Gasteiger charge is -2.26. The van der Waals surface area contributed by atoms with Gasteiger partial charge in [-0.2, -0.15) is 0 Å². The molecule has 0 bridgehead atoms. The third kappa shape index (κ3) is 5.62. The quantitative estimate of drug-likeness (QED) is 0.766. The van der Waals surface area contributed by atoms with Crippen molar-refractivity contribution in [1.82, 2.24) is 15.0 Å². The number of aryl methyl sites for hydroxylation is 1. The van der Waals surface area contributed by atoms with Gasteiger partial charge in [-0.25, -0.2) is 24.6 Å². The molecule has 146 valence electrons. The standard InChI is InChI=1S/C19H27N5O3/c1-12(2)9-19(4,20)11-27-16-8-13(3)14(10-22-16)15-6-7-21-17(23-15)24(5)18(25)26/h6-8,10,12H,9,11,20H2,1-5H3,(H,25,26)/t19-/m0/s1. The van der Waals surface area contributed by atoms with Gasteiger partial charge in [0.05, 0.1) is 5.69 Å². The van der Waals surface area contributed by atoms with E-state index in [1.807, 2.05) is 19.9 Å². The first-order chi connectivity index (χ1) is 12.6. The second-order valence-electron chi connectivity index (χ2n) is 7.46. The van der Waals surface area contributed by atoms with Gasteiger partial charge < -0.3 is 15.6 Å². The molecule has 1 atom stereocenters. The highest BCUT2D eigenvalue weighted by molar-refractivity contribution is 5.83. The van der Waals surface area contributed by atoms with E-state index in [9.17, 15) is 4.79 Å². The largest absolute Gasteiger partial charge is 0.476 e. The van der Waals surface area contributed by atoms with Gasteiger partial charge in [-0.3, -0.25) is 0 Å². The highest BCUT2D eigenvalue weighted by Crippen LogP contribution is 2.25. The Morgan fingerprint density at radius 2 is 2.11 bits per heavy atom. The Balaban J connectivity index is 2.18. The Morgan fingerprint density at radius 1 is 1.41 bits per heavy atom. The van der Waals surface area contributed by atoms with Crippen molar-refractivity contribution in [3.05, 3.63) is 30.1 Å². The summed E-state index contributed by atoms with van der Waals surface area (Å²) in [6.07, 6.45) is 2.91. The fraction of sp³-hybridized carbons (Fsp3) is 0.474. The number of rotatable bonds is 7. The number of hydrogen-bond donors (Lipinski definition) is 2. The molecular weight excluding hydrogens is 346 g/mol. The van der Waals surface area contributed by atoms with Crippen LogP contribution in [0.4, 0.5) is 10.7 Å². The lowest BCUT2D eigenvalue weighted by atomic mass is 9.93. The highest BCUT2D eigenvalue weighted by Gasteiger charge is 2.21. The van der Waals surface area contributed by atoms with E-state index in [1.165, 1.54) is 13.2 Å². The van der Waals surface area contributed by atoms with Crippen molar-refractivity contribution < 1.29 is 14.6 Å². The van der Waals surface area contributed by atoms with Crippen LogP contribution in [0.5, 0.6) is 5.88 Å². The van der Waals surface area contributed by atoms with Crippen LogP contribution in [-0.2, 0) is 0 Å². The zero-order valence-electron chi connectivity index (χ0n) is 16.4. The van der Waals surface area contributed by atoms with Crippen LogP contribution in [0.2, 0.25) is 0 Å². The second kappa shape index (κ2) is 8.30. The molecule has 2 rings (SSSR count). The van der Waals surface area contributed by atoms with Crippen molar-refractivity contribution >= 4 is 12.0 Å². The molecule has 1 amide bonds. The molecule has 0 aromatic carbocycles. The first-order valence-corrected chi connectivity index (χ1v) is 8.77. The Bertz CT molecular complexity index is 808. The molecule has 0 fully saturated rings. The van der Waals surface area contributed by atoms with Crippen LogP contribution in [0.3, 0.4) is 0 Å². The molecule has 8 heteroatoms. The normalized spacial score (nSPS) is 13.3. The average Bonchev–Trinajstić information content (AvgIpc) is 2.58. The molecule has 0 saturated heterocycles. The third-order valence-electron chi connectivity index (χ3n) is 4.02. The minimum atomic E-state index is -1.13. The van der Waals surface area contributed by atoms with Crippen LogP contribution in [0.1, 0.15) is 32.8 Å². The Kier molecular flexibility index (Phi) is 6.32. The fourth-order valence-electron chi connectivity index (χ4n) is 2.85. The predicted molar refractivity (Wildman–Crippen MR) is 104 cm³/mol. The zero-order valence-corrected chi connectivity index (χ0v) is 16.4. The van der Waals surface area contributed by atoms with Crippen molar-refractivity contribution in [1.29, 1.82) is 0 Å². The number of nitrogens with zero attached hydrogens (tertiary/aromatic N) is 4. The molecule has 0 aliphatic heterocycles. The number of nitrogens with two attached hydrogens (primary N) is 1. The van der Waals surface area contributed by atoms with E-state index in [1.54, 1.807) is 12.3 Å². The molecule has 0 spiro atoms. The lowest BCUT2D eigenvalue weighted by molar-refractivity contribution is 0.200. The monoisotopic (exact) mass is 373 g/mol. The molecule has 0 radical (unpaired) electrons. The van der Waals surface area contributed by atoms with E-state index in [0.717, 1.165) is 22.4 Å². The maximum absolute atomic E-state index is 11.1. The van der Waals surface area contributed by atoms with Crippen molar-refractivity contribution in [3.8, 4) is 17.1 Å². The van der Waals surface area contributed by atoms with Gasteiger partial charge in [0.2, 0.25) is 11.8 Å². The summed E-state index contributed by atoms with van der Waals surface area (Å²) in [5.41, 5.74) is 8.12. The molecule has 0 unspecified atom stereocenters. The Hall–Kier alpha value is -2.74. The molecular formula is C19H27N5O3. The van der Waals surface area contributed by atoms with Crippen LogP contribution in [-0.4, -0.2) is 45.3 Å². The molecule has 0 saturated carbocycles. The third-order valence-corrected chi connectivity index (χ3v) is 4.02. The minimum Gasteiger partial charge on any atom is -0.476 e. The summed E-state index contributed by atoms with van der Waals surface area (Å²) in [6.45, 7) is 8.51. The number of carbonyl (C=O) groups is 1. The van der Waals surface area contributed by atoms with Gasteiger partial charge in [-0.05, 0) is 37.8 Å². The number of carboxylic acid groups (broad SMARTS) is 1. The van der Waals surface area contributed by atoms with E-state index >= 15 is 0 Å². The van der Waals surface area contributed by atoms with Crippen LogP contribution in [0.15, 0.2) is 24.5 Å². The van der Waals surface area contributed by atoms with Gasteiger partial charge in [0.15, 0.2) is 0 Å². The first-order valence-electron chi connectivity index (χ1n) is 8.77. The fourth-order valence-corrected chi connectivity index (χ4v) is 2.85. The molecule has 0 aliphatic carbocycles. The summed E-state index contributed by atoms with van der Waals surface area (Å²) in [7, 11) is 1.39. The van der Waals surface area contributed by atoms with Crippen LogP contribution in [0.25, 0.3) is 11.3 Å². The van der Waals surface area contributed by atoms with E-state index in [2.05, 4.69) is 28.8 Å². The number of aromatic nitrogens is 3. The van der Waals surface area contributed by atoms with E-state index in [4.69, 9.17) is 15.6 Å². The number of anilines is 1. The van der Waals surface area contributed by atoms with Crippen molar-refractivity contribution in [2.24, 2.45) is 11.7 Å². The topological polar surface area (TPSA) is 114 Å². The maximum Gasteiger partial charge on any atom is 0.413 e. The van der Waals surface area contributed by atoms with Crippen LogP contribution < -0.4 is 15.4 Å². The summed E-state index contributed by atoms with van der Waals surface area (Å²) >= 11 is 0. The number of ether oxygens (including phenoxy) is 1. The zero-order chi connectivity index (χ0) is 20.2. The average molecular weight is 373 g/mol. The second-order valence-corrected chi connectivity index (χ2v) is 7.46. The van der Waals surface area contributed by atoms with Gasteiger partial charge in [0.25, 0.3) is 0 Å². The van der Waals surface area contributed by atoms with E-state index in [0.29, 0.717) is 24.1 Å². The molecule has 27 heavy (non-hydrogen) atoms. The molecule has 0 aliphatic rings. The van der Waals surface area contributed by atoms with Gasteiger partial charge in [-0.1, -0.05) is 13.8 Å². The molecule has 3 N–H and O–H groups in total. The van der Waals surface area contributed by atoms with Gasteiger partial charge >= 0.3 is 6.09 Å². The maximum atomic E-state index is 11.1. The number of amides is 1. The molecule has 2 aromatic heterocycles. The number of hydrogen-bond acceptors (Lipinski definition) is 6. The summed E-state index contributed by atoms with van der Waals surface area (Å²) in [6, 6.07) is 3.53. The number of pyridine rings is 1. The van der Waals surface area contributed by atoms with Gasteiger partial charge in [0.1, 0.15) is 6.61 Å². The summed E-state index contributed by atoms with van der Waals surface area (Å²) in [4.78, 5) is 24.7. The first kappa shape index (κ1) is 20.6. The smallest absolute Gasteiger partial charge is 0.413 e. The molecule has 8 nitrogen and oxygen atoms in total. The SMILES string of the molecule is Cc1cc(OC[C@@](C)(N)CC(C)C)ncc1-c1ccnc(N(C)C(=O)O)n1. The molecule has 2 heterocycles. The highest BCUT2D eigenvalue weighted by atomic mass is 16.5. The Morgan fingerprint density at radius 3 is 2.70 bits per heavy atom.